The maximum Gasteiger partial charge on any atom is 0.262 e. The SMILES string of the molecule is NCC[C@H]1CCc2ccc3c(c21)NC(=O)CO3. The smallest absolute Gasteiger partial charge is 0.262 e. The highest BCUT2D eigenvalue weighted by Gasteiger charge is 2.29. The molecule has 0 saturated heterocycles. The minimum atomic E-state index is -0.0655. The lowest BCUT2D eigenvalue weighted by atomic mass is 9.95. The number of hydrogen-bond acceptors (Lipinski definition) is 3. The highest BCUT2D eigenvalue weighted by atomic mass is 16.5. The van der Waals surface area contributed by atoms with Gasteiger partial charge in [-0.25, -0.2) is 0 Å². The molecule has 90 valence electrons. The second kappa shape index (κ2) is 4.04. The highest BCUT2D eigenvalue weighted by Crippen LogP contribution is 2.45. The van der Waals surface area contributed by atoms with Crippen LogP contribution in [0.15, 0.2) is 12.1 Å². The number of ether oxygens (including phenoxy) is 1. The summed E-state index contributed by atoms with van der Waals surface area (Å²) in [5, 5.41) is 2.94. The molecule has 1 aromatic carbocycles. The van der Waals surface area contributed by atoms with E-state index in [1.807, 2.05) is 6.07 Å². The summed E-state index contributed by atoms with van der Waals surface area (Å²) in [6, 6.07) is 4.07. The number of nitrogens with one attached hydrogen (secondary N) is 1. The summed E-state index contributed by atoms with van der Waals surface area (Å²) in [5.74, 6) is 1.20. The van der Waals surface area contributed by atoms with Gasteiger partial charge in [0.25, 0.3) is 5.91 Å². The first kappa shape index (κ1) is 10.6. The maximum atomic E-state index is 11.4. The Labute approximate surface area is 100 Å². The molecule has 0 radical (unpaired) electrons. The molecule has 4 heteroatoms. The van der Waals surface area contributed by atoms with E-state index in [2.05, 4.69) is 11.4 Å². The summed E-state index contributed by atoms with van der Waals surface area (Å²) < 4.78 is 5.44. The van der Waals surface area contributed by atoms with Gasteiger partial charge < -0.3 is 15.8 Å². The third-order valence-electron chi connectivity index (χ3n) is 3.61. The number of rotatable bonds is 2. The van der Waals surface area contributed by atoms with Gasteiger partial charge in [-0.1, -0.05) is 6.07 Å². The Morgan fingerprint density at radius 2 is 2.35 bits per heavy atom. The van der Waals surface area contributed by atoms with Crippen LogP contribution < -0.4 is 15.8 Å². The zero-order chi connectivity index (χ0) is 11.8. The first-order valence-corrected chi connectivity index (χ1v) is 6.08. The summed E-state index contributed by atoms with van der Waals surface area (Å²) in [7, 11) is 0. The molecule has 17 heavy (non-hydrogen) atoms. The van der Waals surface area contributed by atoms with Crippen LogP contribution in [0.5, 0.6) is 5.75 Å². The van der Waals surface area contributed by atoms with E-state index in [-0.39, 0.29) is 12.5 Å². The van der Waals surface area contributed by atoms with Crippen molar-refractivity contribution in [2.24, 2.45) is 5.73 Å². The molecule has 1 aliphatic carbocycles. The summed E-state index contributed by atoms with van der Waals surface area (Å²) >= 11 is 0. The van der Waals surface area contributed by atoms with Crippen molar-refractivity contribution in [2.45, 2.75) is 25.2 Å². The normalized spacial score (nSPS) is 21.5. The quantitative estimate of drug-likeness (QED) is 0.810. The molecule has 0 bridgehead atoms. The van der Waals surface area contributed by atoms with Gasteiger partial charge in [0.2, 0.25) is 0 Å². The summed E-state index contributed by atoms with van der Waals surface area (Å²) in [5.41, 5.74) is 9.11. The number of hydrogen-bond donors (Lipinski definition) is 2. The van der Waals surface area contributed by atoms with Crippen LogP contribution in [0.1, 0.15) is 29.9 Å². The minimum absolute atomic E-state index is 0.0655. The molecule has 4 nitrogen and oxygen atoms in total. The van der Waals surface area contributed by atoms with E-state index in [9.17, 15) is 4.79 Å². The van der Waals surface area contributed by atoms with Crippen molar-refractivity contribution in [1.29, 1.82) is 0 Å². The number of nitrogens with two attached hydrogens (primary N) is 1. The van der Waals surface area contributed by atoms with Gasteiger partial charge in [0.05, 0.1) is 5.69 Å². The van der Waals surface area contributed by atoms with E-state index in [4.69, 9.17) is 10.5 Å². The predicted octanol–water partition coefficient (Wildman–Crippen LogP) is 1.40. The predicted molar refractivity (Wildman–Crippen MR) is 65.3 cm³/mol. The maximum absolute atomic E-state index is 11.4. The Bertz CT molecular complexity index is 469. The van der Waals surface area contributed by atoms with Crippen molar-refractivity contribution in [2.75, 3.05) is 18.5 Å². The lowest BCUT2D eigenvalue weighted by Crippen LogP contribution is -2.26. The van der Waals surface area contributed by atoms with Crippen LogP contribution in [0.3, 0.4) is 0 Å². The highest BCUT2D eigenvalue weighted by molar-refractivity contribution is 5.96. The van der Waals surface area contributed by atoms with Crippen LogP contribution in [0.25, 0.3) is 0 Å². The van der Waals surface area contributed by atoms with Crippen LogP contribution in [0.2, 0.25) is 0 Å². The van der Waals surface area contributed by atoms with Gasteiger partial charge >= 0.3 is 0 Å². The average Bonchev–Trinajstić information content (AvgIpc) is 2.73. The summed E-state index contributed by atoms with van der Waals surface area (Å²) in [6.45, 7) is 0.802. The van der Waals surface area contributed by atoms with E-state index >= 15 is 0 Å². The van der Waals surface area contributed by atoms with Crippen LogP contribution in [0.4, 0.5) is 5.69 Å². The molecule has 3 N–H and O–H groups in total. The fraction of sp³-hybridized carbons (Fsp3) is 0.462. The van der Waals surface area contributed by atoms with Crippen molar-refractivity contribution < 1.29 is 9.53 Å². The second-order valence-electron chi connectivity index (χ2n) is 4.66. The van der Waals surface area contributed by atoms with Crippen LogP contribution >= 0.6 is 0 Å². The average molecular weight is 232 g/mol. The van der Waals surface area contributed by atoms with Crippen molar-refractivity contribution >= 4 is 11.6 Å². The topological polar surface area (TPSA) is 64.3 Å². The van der Waals surface area contributed by atoms with E-state index in [0.29, 0.717) is 12.5 Å². The van der Waals surface area contributed by atoms with Crippen LogP contribution in [0, 0.1) is 0 Å². The van der Waals surface area contributed by atoms with E-state index in [0.717, 1.165) is 30.7 Å². The minimum Gasteiger partial charge on any atom is -0.482 e. The van der Waals surface area contributed by atoms with Crippen LogP contribution in [-0.2, 0) is 11.2 Å². The Hall–Kier alpha value is -1.55. The number of amides is 1. The zero-order valence-electron chi connectivity index (χ0n) is 9.66. The zero-order valence-corrected chi connectivity index (χ0v) is 9.66. The lowest BCUT2D eigenvalue weighted by molar-refractivity contribution is -0.118. The largest absolute Gasteiger partial charge is 0.482 e. The summed E-state index contributed by atoms with van der Waals surface area (Å²) in [6.07, 6.45) is 3.17. The van der Waals surface area contributed by atoms with Gasteiger partial charge in [0.1, 0.15) is 5.75 Å². The Balaban J connectivity index is 2.06. The first-order chi connectivity index (χ1) is 8.29. The molecule has 0 fully saturated rings. The van der Waals surface area contributed by atoms with E-state index < -0.39 is 0 Å². The first-order valence-electron chi connectivity index (χ1n) is 6.08. The van der Waals surface area contributed by atoms with Gasteiger partial charge in [-0.3, -0.25) is 4.79 Å². The molecule has 1 heterocycles. The number of fused-ring (bicyclic) bond motifs is 3. The third-order valence-corrected chi connectivity index (χ3v) is 3.61. The van der Waals surface area contributed by atoms with Crippen LogP contribution in [-0.4, -0.2) is 19.1 Å². The Morgan fingerprint density at radius 3 is 3.18 bits per heavy atom. The van der Waals surface area contributed by atoms with Crippen molar-refractivity contribution in [3.63, 3.8) is 0 Å². The standard InChI is InChI=1S/C13H16N2O2/c14-6-5-9-2-1-8-3-4-10-13(12(8)9)15-11(16)7-17-10/h3-4,9H,1-2,5-7,14H2,(H,15,16)/t9-/m1/s1. The molecule has 1 aliphatic heterocycles. The van der Waals surface area contributed by atoms with Crippen molar-refractivity contribution in [3.8, 4) is 5.75 Å². The third kappa shape index (κ3) is 1.69. The Morgan fingerprint density at radius 1 is 1.47 bits per heavy atom. The lowest BCUT2D eigenvalue weighted by Gasteiger charge is -2.23. The molecule has 0 spiro atoms. The Kier molecular flexibility index (Phi) is 2.52. The van der Waals surface area contributed by atoms with Gasteiger partial charge in [-0.15, -0.1) is 0 Å². The number of aryl methyl sites for hydroxylation is 1. The fourth-order valence-electron chi connectivity index (χ4n) is 2.86. The number of anilines is 1. The second-order valence-corrected chi connectivity index (χ2v) is 4.66. The van der Waals surface area contributed by atoms with Crippen molar-refractivity contribution in [3.05, 3.63) is 23.3 Å². The molecule has 3 rings (SSSR count). The van der Waals surface area contributed by atoms with Gasteiger partial charge in [-0.2, -0.15) is 0 Å². The molecule has 1 amide bonds. The van der Waals surface area contributed by atoms with Crippen molar-refractivity contribution in [1.82, 2.24) is 0 Å². The molecule has 2 aliphatic rings. The van der Waals surface area contributed by atoms with E-state index in [1.165, 1.54) is 11.1 Å². The molecule has 1 atom stereocenters. The van der Waals surface area contributed by atoms with Gasteiger partial charge in [0.15, 0.2) is 6.61 Å². The van der Waals surface area contributed by atoms with Gasteiger partial charge in [0, 0.05) is 0 Å². The monoisotopic (exact) mass is 232 g/mol. The number of carbonyl (C=O) groups excluding carboxylic acids is 1. The molecular formula is C13H16N2O2. The molecule has 0 saturated carbocycles. The number of carbonyl (C=O) groups is 1. The molecule has 0 aromatic heterocycles. The van der Waals surface area contributed by atoms with E-state index in [1.54, 1.807) is 0 Å². The van der Waals surface area contributed by atoms with Gasteiger partial charge in [-0.05, 0) is 48.9 Å². The fourth-order valence-corrected chi connectivity index (χ4v) is 2.86. The molecule has 1 aromatic rings. The number of benzene rings is 1. The molecular weight excluding hydrogens is 216 g/mol. The summed E-state index contributed by atoms with van der Waals surface area (Å²) in [4.78, 5) is 11.4. The molecule has 0 unspecified atom stereocenters.